The van der Waals surface area contributed by atoms with E-state index in [0.717, 1.165) is 19.5 Å². The van der Waals surface area contributed by atoms with Gasteiger partial charge in [0.25, 0.3) is 0 Å². The molecule has 2 aromatic rings. The van der Waals surface area contributed by atoms with Crippen LogP contribution in [0.1, 0.15) is 54.3 Å². The maximum absolute atomic E-state index is 4.63. The lowest BCUT2D eigenvalue weighted by molar-refractivity contribution is 0.317. The lowest BCUT2D eigenvalue weighted by atomic mass is 9.75. The zero-order chi connectivity index (χ0) is 17.8. The molecule has 0 atom stereocenters. The van der Waals surface area contributed by atoms with E-state index < -0.39 is 0 Å². The summed E-state index contributed by atoms with van der Waals surface area (Å²) in [6.45, 7) is 13.3. The first-order valence-electron chi connectivity index (χ1n) is 9.21. The summed E-state index contributed by atoms with van der Waals surface area (Å²) in [5.74, 6) is 0. The van der Waals surface area contributed by atoms with Gasteiger partial charge >= 0.3 is 0 Å². The maximum Gasteiger partial charge on any atom is 0.0426 e. The number of allylic oxidation sites excluding steroid dienone is 1. The highest BCUT2D eigenvalue weighted by molar-refractivity contribution is 7.77. The van der Waals surface area contributed by atoms with Gasteiger partial charge in [-0.1, -0.05) is 51.4 Å². The second kappa shape index (κ2) is 6.29. The van der Waals surface area contributed by atoms with Gasteiger partial charge in [0.05, 0.1) is 0 Å². The highest BCUT2D eigenvalue weighted by atomic mass is 32.1. The van der Waals surface area contributed by atoms with Crippen LogP contribution in [0.2, 0.25) is 0 Å². The molecule has 0 unspecified atom stereocenters. The van der Waals surface area contributed by atoms with E-state index >= 15 is 0 Å². The fourth-order valence-corrected chi connectivity index (χ4v) is 6.03. The fraction of sp³-hybridized carbons (Fsp3) is 0.455. The Balaban J connectivity index is 1.91. The third-order valence-corrected chi connectivity index (χ3v) is 7.37. The molecule has 1 aromatic heterocycles. The van der Waals surface area contributed by atoms with Crippen LogP contribution in [0.4, 0.5) is 0 Å². The average Bonchev–Trinajstić information content (AvgIpc) is 2.91. The van der Waals surface area contributed by atoms with Gasteiger partial charge in [-0.25, -0.2) is 4.31 Å². The minimum atomic E-state index is 0.396. The molecule has 1 nitrogen and oxygen atoms in total. The first-order valence-corrected chi connectivity index (χ1v) is 10.4. The molecule has 0 N–H and O–H groups in total. The van der Waals surface area contributed by atoms with Crippen LogP contribution in [0.15, 0.2) is 24.8 Å². The van der Waals surface area contributed by atoms with Crippen LogP contribution < -0.4 is 0 Å². The minimum absolute atomic E-state index is 0.396. The number of hydrogen-bond donors (Lipinski definition) is 1. The molecule has 0 bridgehead atoms. The van der Waals surface area contributed by atoms with E-state index in [9.17, 15) is 0 Å². The van der Waals surface area contributed by atoms with Gasteiger partial charge in [0, 0.05) is 22.8 Å². The molecule has 0 fully saturated rings. The molecule has 25 heavy (non-hydrogen) atoms. The Morgan fingerprint density at radius 3 is 2.80 bits per heavy atom. The van der Waals surface area contributed by atoms with Crippen LogP contribution in [0.5, 0.6) is 0 Å². The van der Waals surface area contributed by atoms with Gasteiger partial charge in [-0.05, 0) is 71.4 Å². The Morgan fingerprint density at radius 1 is 1.24 bits per heavy atom. The molecule has 132 valence electrons. The Bertz CT molecular complexity index is 844. The van der Waals surface area contributed by atoms with Crippen LogP contribution in [-0.2, 0) is 25.8 Å². The third kappa shape index (κ3) is 3.11. The first-order chi connectivity index (χ1) is 11.9. The van der Waals surface area contributed by atoms with E-state index in [0.29, 0.717) is 5.41 Å². The number of nitrogens with zero attached hydrogens (tertiary/aromatic N) is 1. The lowest BCUT2D eigenvalue weighted by Gasteiger charge is -2.30. The molecule has 1 aromatic carbocycles. The van der Waals surface area contributed by atoms with Gasteiger partial charge in [-0.3, -0.25) is 0 Å². The van der Waals surface area contributed by atoms with Gasteiger partial charge in [-0.2, -0.15) is 0 Å². The quantitative estimate of drug-likeness (QED) is 0.620. The normalized spacial score (nSPS) is 19.4. The topological polar surface area (TPSA) is 3.24 Å². The molecule has 0 saturated carbocycles. The summed E-state index contributed by atoms with van der Waals surface area (Å²) in [7, 11) is 0. The smallest absolute Gasteiger partial charge is 0.0426 e. The fourth-order valence-electron chi connectivity index (χ4n) is 4.34. The first kappa shape index (κ1) is 17.4. The van der Waals surface area contributed by atoms with Crippen LogP contribution in [0, 0.1) is 5.41 Å². The summed E-state index contributed by atoms with van der Waals surface area (Å²) in [6.07, 6.45) is 4.76. The maximum atomic E-state index is 4.63. The summed E-state index contributed by atoms with van der Waals surface area (Å²) >= 11 is 6.64. The monoisotopic (exact) mass is 369 g/mol. The van der Waals surface area contributed by atoms with Crippen LogP contribution in [-0.4, -0.2) is 10.8 Å². The predicted octanol–water partition coefficient (Wildman–Crippen LogP) is 6.17. The summed E-state index contributed by atoms with van der Waals surface area (Å²) < 4.78 is 2.14. The van der Waals surface area contributed by atoms with Crippen molar-refractivity contribution in [3.8, 4) is 10.4 Å². The summed E-state index contributed by atoms with van der Waals surface area (Å²) in [5.41, 5.74) is 8.96. The molecule has 3 heteroatoms. The van der Waals surface area contributed by atoms with Crippen molar-refractivity contribution in [1.82, 2.24) is 4.31 Å². The van der Waals surface area contributed by atoms with Crippen molar-refractivity contribution in [2.45, 2.75) is 53.0 Å². The van der Waals surface area contributed by atoms with Crippen molar-refractivity contribution >= 4 is 29.7 Å². The Kier molecular flexibility index (Phi) is 4.38. The Hall–Kier alpha value is -1.03. The molecule has 1 aliphatic heterocycles. The zero-order valence-electron chi connectivity index (χ0n) is 15.5. The molecular weight excluding hydrogens is 342 g/mol. The molecule has 0 saturated heterocycles. The van der Waals surface area contributed by atoms with Crippen molar-refractivity contribution in [2.75, 3.05) is 6.54 Å². The van der Waals surface area contributed by atoms with Crippen molar-refractivity contribution < 1.29 is 0 Å². The molecule has 2 heterocycles. The highest BCUT2D eigenvalue weighted by Gasteiger charge is 2.31. The number of benzene rings is 1. The van der Waals surface area contributed by atoms with Crippen molar-refractivity contribution in [1.29, 1.82) is 0 Å². The summed E-state index contributed by atoms with van der Waals surface area (Å²) in [4.78, 5) is 3.03. The molecular formula is C22H27NS2. The second-order valence-corrected chi connectivity index (χ2v) is 10.1. The number of aryl methyl sites for hydroxylation is 1. The van der Waals surface area contributed by atoms with Gasteiger partial charge in [0.15, 0.2) is 0 Å². The summed E-state index contributed by atoms with van der Waals surface area (Å²) in [6, 6.07) is 6.82. The van der Waals surface area contributed by atoms with Gasteiger partial charge in [0.2, 0.25) is 0 Å². The van der Waals surface area contributed by atoms with Crippen LogP contribution >= 0.6 is 24.2 Å². The van der Waals surface area contributed by atoms with Crippen molar-refractivity contribution in [3.63, 3.8) is 0 Å². The number of thiophene rings is 1. The molecule has 0 radical (unpaired) electrons. The number of hydrogen-bond acceptors (Lipinski definition) is 3. The van der Waals surface area contributed by atoms with E-state index in [1.165, 1.54) is 52.0 Å². The average molecular weight is 370 g/mol. The van der Waals surface area contributed by atoms with E-state index in [1.807, 2.05) is 11.3 Å². The van der Waals surface area contributed by atoms with E-state index in [1.54, 1.807) is 10.4 Å². The number of fused-ring (bicyclic) bond motifs is 2. The van der Waals surface area contributed by atoms with Gasteiger partial charge in [-0.15, -0.1) is 11.3 Å². The van der Waals surface area contributed by atoms with Crippen molar-refractivity contribution in [3.05, 3.63) is 51.9 Å². The summed E-state index contributed by atoms with van der Waals surface area (Å²) in [5, 5.41) is 0. The van der Waals surface area contributed by atoms with E-state index in [-0.39, 0.29) is 0 Å². The minimum Gasteiger partial charge on any atom is -0.249 e. The van der Waals surface area contributed by atoms with E-state index in [2.05, 4.69) is 62.7 Å². The number of rotatable bonds is 2. The standard InChI is InChI=1S/C22H27NS2/c1-14(2)20-17-12-22(3,4)10-8-19(17)25-21(20)16-7-5-6-15-9-11-23(24)13-18(15)16/h5-7,24H,1,8-13H2,2-4H3. The SMILES string of the molecule is C=C(C)c1c(-c2cccc3c2CN(S)CC3)sc2c1CC(C)(C)CC2. The lowest BCUT2D eigenvalue weighted by Crippen LogP contribution is -2.23. The molecule has 2 aliphatic rings. The van der Waals surface area contributed by atoms with Crippen LogP contribution in [0.3, 0.4) is 0 Å². The van der Waals surface area contributed by atoms with Gasteiger partial charge in [0.1, 0.15) is 0 Å². The highest BCUT2D eigenvalue weighted by Crippen LogP contribution is 2.48. The predicted molar refractivity (Wildman–Crippen MR) is 113 cm³/mol. The molecule has 1 aliphatic carbocycles. The molecule has 0 spiro atoms. The Morgan fingerprint density at radius 2 is 2.04 bits per heavy atom. The largest absolute Gasteiger partial charge is 0.249 e. The molecule has 0 amide bonds. The third-order valence-electron chi connectivity index (χ3n) is 5.70. The zero-order valence-corrected chi connectivity index (χ0v) is 17.2. The van der Waals surface area contributed by atoms with Crippen LogP contribution in [0.25, 0.3) is 16.0 Å². The second-order valence-electron chi connectivity index (χ2n) is 8.41. The van der Waals surface area contributed by atoms with E-state index in [4.69, 9.17) is 0 Å². The number of thiol groups is 1. The van der Waals surface area contributed by atoms with Crippen molar-refractivity contribution in [2.24, 2.45) is 5.41 Å². The Labute approximate surface area is 161 Å². The molecule has 4 rings (SSSR count). The van der Waals surface area contributed by atoms with Gasteiger partial charge < -0.3 is 0 Å².